The molecule has 0 aliphatic heterocycles. The minimum absolute atomic E-state index is 0.0745. The van der Waals surface area contributed by atoms with Crippen LogP contribution in [-0.2, 0) is 9.59 Å². The Morgan fingerprint density at radius 1 is 1.04 bits per heavy atom. The first kappa shape index (κ1) is 21.9. The molecule has 0 aliphatic rings. The van der Waals surface area contributed by atoms with Crippen molar-refractivity contribution in [1.82, 2.24) is 5.32 Å². The van der Waals surface area contributed by atoms with Crippen LogP contribution in [0.4, 0.5) is 5.69 Å². The third-order valence-corrected chi connectivity index (χ3v) is 4.84. The molecule has 28 heavy (non-hydrogen) atoms. The minimum Gasteiger partial charge on any atom is -0.345 e. The number of carbonyl (C=O) groups is 2. The molecule has 6 heteroatoms. The lowest BCUT2D eigenvalue weighted by atomic mass is 10.1. The standard InChI is InChI=1S/C22H28ClN3O2/c1-4-13-26(15-22(28)25-20-8-6-5-7-16(20)2)14-21(27)24-17(3)18-9-11-19(23)12-10-18/h5-12,17H,4,13-15H2,1-3H3,(H,24,27)(H,25,28)/p+1/t17-/m1/s1. The van der Waals surface area contributed by atoms with Gasteiger partial charge in [-0.05, 0) is 49.6 Å². The van der Waals surface area contributed by atoms with E-state index in [9.17, 15) is 9.59 Å². The van der Waals surface area contributed by atoms with Crippen LogP contribution in [0.3, 0.4) is 0 Å². The lowest BCUT2D eigenvalue weighted by Gasteiger charge is -2.20. The van der Waals surface area contributed by atoms with Crippen molar-refractivity contribution in [3.8, 4) is 0 Å². The van der Waals surface area contributed by atoms with Gasteiger partial charge in [0.1, 0.15) is 0 Å². The molecule has 0 bridgehead atoms. The lowest BCUT2D eigenvalue weighted by Crippen LogP contribution is -3.14. The monoisotopic (exact) mass is 402 g/mol. The van der Waals surface area contributed by atoms with Gasteiger partial charge in [-0.1, -0.05) is 48.9 Å². The number of hydrogen-bond acceptors (Lipinski definition) is 2. The maximum atomic E-state index is 12.5. The van der Waals surface area contributed by atoms with Crippen LogP contribution >= 0.6 is 11.6 Å². The molecule has 150 valence electrons. The minimum atomic E-state index is -0.117. The summed E-state index contributed by atoms with van der Waals surface area (Å²) in [5.41, 5.74) is 2.82. The second kappa shape index (κ2) is 10.8. The number of rotatable bonds is 9. The number of aryl methyl sites for hydroxylation is 1. The van der Waals surface area contributed by atoms with Crippen LogP contribution in [0.1, 0.15) is 37.4 Å². The van der Waals surface area contributed by atoms with Gasteiger partial charge in [-0.3, -0.25) is 9.59 Å². The predicted octanol–water partition coefficient (Wildman–Crippen LogP) is 2.76. The van der Waals surface area contributed by atoms with Gasteiger partial charge in [0, 0.05) is 10.7 Å². The second-order valence-corrected chi connectivity index (χ2v) is 7.49. The fourth-order valence-corrected chi connectivity index (χ4v) is 3.21. The summed E-state index contributed by atoms with van der Waals surface area (Å²) in [4.78, 5) is 25.9. The Morgan fingerprint density at radius 3 is 2.32 bits per heavy atom. The van der Waals surface area contributed by atoms with E-state index < -0.39 is 0 Å². The van der Waals surface area contributed by atoms with Crippen molar-refractivity contribution in [2.75, 3.05) is 25.0 Å². The number of amides is 2. The first-order valence-electron chi connectivity index (χ1n) is 9.63. The van der Waals surface area contributed by atoms with Crippen LogP contribution in [0.2, 0.25) is 5.02 Å². The second-order valence-electron chi connectivity index (χ2n) is 7.06. The van der Waals surface area contributed by atoms with Crippen molar-refractivity contribution in [2.24, 2.45) is 0 Å². The van der Waals surface area contributed by atoms with Crippen molar-refractivity contribution in [1.29, 1.82) is 0 Å². The van der Waals surface area contributed by atoms with Crippen molar-refractivity contribution >= 4 is 29.1 Å². The maximum absolute atomic E-state index is 12.5. The first-order chi connectivity index (χ1) is 13.4. The van der Waals surface area contributed by atoms with E-state index in [4.69, 9.17) is 11.6 Å². The van der Waals surface area contributed by atoms with Gasteiger partial charge in [-0.25, -0.2) is 0 Å². The topological polar surface area (TPSA) is 62.6 Å². The number of carbonyl (C=O) groups excluding carboxylic acids is 2. The fourth-order valence-electron chi connectivity index (χ4n) is 3.08. The molecule has 2 aromatic carbocycles. The molecule has 5 nitrogen and oxygen atoms in total. The zero-order valence-corrected chi connectivity index (χ0v) is 17.5. The Kier molecular flexibility index (Phi) is 8.48. The van der Waals surface area contributed by atoms with Gasteiger partial charge in [0.15, 0.2) is 13.1 Å². The van der Waals surface area contributed by atoms with Crippen molar-refractivity contribution in [2.45, 2.75) is 33.2 Å². The zero-order valence-electron chi connectivity index (χ0n) is 16.7. The van der Waals surface area contributed by atoms with Gasteiger partial charge < -0.3 is 15.5 Å². The van der Waals surface area contributed by atoms with Crippen LogP contribution in [0.15, 0.2) is 48.5 Å². The Morgan fingerprint density at radius 2 is 1.68 bits per heavy atom. The highest BCUT2D eigenvalue weighted by molar-refractivity contribution is 6.30. The molecule has 0 saturated carbocycles. The number of halogens is 1. The van der Waals surface area contributed by atoms with E-state index in [0.29, 0.717) is 5.02 Å². The van der Waals surface area contributed by atoms with Gasteiger partial charge >= 0.3 is 0 Å². The molecule has 2 amide bonds. The number of quaternary nitrogens is 1. The molecule has 3 N–H and O–H groups in total. The van der Waals surface area contributed by atoms with E-state index in [1.165, 1.54) is 0 Å². The first-order valence-corrected chi connectivity index (χ1v) is 10.0. The summed E-state index contributed by atoms with van der Waals surface area (Å²) in [6.45, 7) is 7.21. The number of benzene rings is 2. The van der Waals surface area contributed by atoms with Gasteiger partial charge in [0.25, 0.3) is 11.8 Å². The molecular weight excluding hydrogens is 374 g/mol. The van der Waals surface area contributed by atoms with Crippen LogP contribution in [0.5, 0.6) is 0 Å². The van der Waals surface area contributed by atoms with Crippen LogP contribution in [-0.4, -0.2) is 31.4 Å². The highest BCUT2D eigenvalue weighted by Crippen LogP contribution is 2.15. The summed E-state index contributed by atoms with van der Waals surface area (Å²) in [6.07, 6.45) is 0.896. The normalized spacial score (nSPS) is 12.9. The van der Waals surface area contributed by atoms with E-state index in [1.807, 2.05) is 69.3 Å². The Balaban J connectivity index is 1.90. The Labute approximate surface area is 172 Å². The third kappa shape index (κ3) is 6.98. The highest BCUT2D eigenvalue weighted by Gasteiger charge is 2.19. The summed E-state index contributed by atoms with van der Waals surface area (Å²) in [7, 11) is 0. The smallest absolute Gasteiger partial charge is 0.279 e. The average molecular weight is 403 g/mol. The van der Waals surface area contributed by atoms with E-state index in [1.54, 1.807) is 0 Å². The van der Waals surface area contributed by atoms with Crippen LogP contribution in [0, 0.1) is 6.92 Å². The van der Waals surface area contributed by atoms with E-state index >= 15 is 0 Å². The lowest BCUT2D eigenvalue weighted by molar-refractivity contribution is -0.883. The van der Waals surface area contributed by atoms with E-state index in [-0.39, 0.29) is 30.9 Å². The van der Waals surface area contributed by atoms with Crippen LogP contribution < -0.4 is 15.5 Å². The highest BCUT2D eigenvalue weighted by atomic mass is 35.5. The summed E-state index contributed by atoms with van der Waals surface area (Å²) >= 11 is 5.91. The molecule has 0 radical (unpaired) electrons. The molecule has 2 atom stereocenters. The molecule has 0 aromatic heterocycles. The average Bonchev–Trinajstić information content (AvgIpc) is 2.64. The summed E-state index contributed by atoms with van der Waals surface area (Å²) in [5.74, 6) is -0.161. The van der Waals surface area contributed by atoms with Gasteiger partial charge in [-0.15, -0.1) is 0 Å². The fraction of sp³-hybridized carbons (Fsp3) is 0.364. The number of para-hydroxylation sites is 1. The molecule has 0 spiro atoms. The van der Waals surface area contributed by atoms with E-state index in [0.717, 1.165) is 34.7 Å². The quantitative estimate of drug-likeness (QED) is 0.604. The van der Waals surface area contributed by atoms with E-state index in [2.05, 4.69) is 10.6 Å². The molecule has 0 fully saturated rings. The summed E-state index contributed by atoms with van der Waals surface area (Å²) in [6, 6.07) is 15.0. The maximum Gasteiger partial charge on any atom is 0.279 e. The summed E-state index contributed by atoms with van der Waals surface area (Å²) < 4.78 is 0. The third-order valence-electron chi connectivity index (χ3n) is 4.59. The largest absolute Gasteiger partial charge is 0.345 e. The molecule has 1 unspecified atom stereocenters. The van der Waals surface area contributed by atoms with Gasteiger partial charge in [0.2, 0.25) is 0 Å². The number of anilines is 1. The van der Waals surface area contributed by atoms with Crippen LogP contribution in [0.25, 0.3) is 0 Å². The van der Waals surface area contributed by atoms with Crippen molar-refractivity contribution in [3.63, 3.8) is 0 Å². The Bertz CT molecular complexity index is 793. The molecule has 0 aliphatic carbocycles. The molecule has 2 aromatic rings. The molecule has 0 saturated heterocycles. The predicted molar refractivity (Wildman–Crippen MR) is 114 cm³/mol. The zero-order chi connectivity index (χ0) is 20.5. The van der Waals surface area contributed by atoms with Gasteiger partial charge in [-0.2, -0.15) is 0 Å². The van der Waals surface area contributed by atoms with Crippen molar-refractivity contribution in [3.05, 3.63) is 64.7 Å². The van der Waals surface area contributed by atoms with Crippen molar-refractivity contribution < 1.29 is 14.5 Å². The SMILES string of the molecule is CCC[NH+](CC(=O)Nc1ccccc1C)CC(=O)N[C@H](C)c1ccc(Cl)cc1. The van der Waals surface area contributed by atoms with Gasteiger partial charge in [0.05, 0.1) is 12.6 Å². The molecule has 0 heterocycles. The Hall–Kier alpha value is -2.37. The number of hydrogen-bond donors (Lipinski definition) is 3. The molecular formula is C22H29ClN3O2+. The summed E-state index contributed by atoms with van der Waals surface area (Å²) in [5, 5.41) is 6.61. The number of nitrogens with one attached hydrogen (secondary N) is 3. The molecule has 2 rings (SSSR count).